The van der Waals surface area contributed by atoms with Gasteiger partial charge in [0.05, 0.1) is 22.4 Å². The van der Waals surface area contributed by atoms with Crippen molar-refractivity contribution in [3.63, 3.8) is 0 Å². The van der Waals surface area contributed by atoms with E-state index < -0.39 is 8.07 Å². The van der Waals surface area contributed by atoms with E-state index in [1.165, 1.54) is 65.3 Å². The van der Waals surface area contributed by atoms with Gasteiger partial charge >= 0.3 is 0 Å². The molecule has 386 valence electrons. The van der Waals surface area contributed by atoms with Gasteiger partial charge in [-0.1, -0.05) is 220 Å². The van der Waals surface area contributed by atoms with E-state index in [0.717, 1.165) is 45.1 Å². The smallest absolute Gasteiger partial charge is 0.179 e. The third-order valence-electron chi connectivity index (χ3n) is 15.9. The number of benzene rings is 9. The largest absolute Gasteiger partial charge is 0.457 e. The summed E-state index contributed by atoms with van der Waals surface area (Å²) in [4.78, 5) is 10.1. The lowest BCUT2D eigenvalue weighted by Crippen LogP contribution is -2.74. The van der Waals surface area contributed by atoms with Crippen LogP contribution in [0.15, 0.2) is 237 Å². The van der Waals surface area contributed by atoms with E-state index in [0.29, 0.717) is 6.67 Å². The first-order chi connectivity index (χ1) is 37.6. The topological polar surface area (TPSA) is 33.5 Å². The summed E-state index contributed by atoms with van der Waals surface area (Å²) < 4.78 is 9.37. The van der Waals surface area contributed by atoms with Crippen LogP contribution in [0.4, 0.5) is 22.7 Å². The maximum Gasteiger partial charge on any atom is 0.179 e. The van der Waals surface area contributed by atoms with Crippen LogP contribution in [-0.4, -0.2) is 24.3 Å². The van der Waals surface area contributed by atoms with Gasteiger partial charge in [0.1, 0.15) is 24.0 Å². The Morgan fingerprint density at radius 3 is 1.59 bits per heavy atom. The van der Waals surface area contributed by atoms with E-state index in [9.17, 15) is 0 Å². The van der Waals surface area contributed by atoms with Crippen LogP contribution in [0.5, 0.6) is 11.5 Å². The van der Waals surface area contributed by atoms with Crippen LogP contribution >= 0.6 is 0 Å². The van der Waals surface area contributed by atoms with Crippen molar-refractivity contribution < 1.29 is 4.74 Å². The number of fused-ring (bicyclic) bond motifs is 4. The fourth-order valence-electron chi connectivity index (χ4n) is 11.7. The Morgan fingerprint density at radius 1 is 0.410 bits per heavy atom. The number of nitrogens with zero attached hydrogens (tertiary/aromatic N) is 4. The average Bonchev–Trinajstić information content (AvgIpc) is 4.21. The molecule has 12 rings (SSSR count). The Morgan fingerprint density at radius 2 is 0.987 bits per heavy atom. The number of aromatic nitrogens is 2. The van der Waals surface area contributed by atoms with Gasteiger partial charge in [-0.15, -0.1) is 0 Å². The van der Waals surface area contributed by atoms with Crippen molar-refractivity contribution in [3.05, 3.63) is 253 Å². The summed E-state index contributed by atoms with van der Waals surface area (Å²) in [5.74, 6) is 2.39. The number of ether oxygens (including phenoxy) is 1. The molecule has 0 unspecified atom stereocenters. The molecule has 0 fully saturated rings. The first-order valence-corrected chi connectivity index (χ1v) is 29.5. The fourth-order valence-corrected chi connectivity index (χ4v) is 16.5. The molecule has 11 aromatic rings. The minimum Gasteiger partial charge on any atom is -0.457 e. The number of anilines is 4. The lowest BCUT2D eigenvalue weighted by Gasteiger charge is -2.34. The first-order valence-electron chi connectivity index (χ1n) is 27.5. The molecule has 78 heavy (non-hydrogen) atoms. The Hall–Kier alpha value is -8.45. The number of para-hydroxylation sites is 1. The highest BCUT2D eigenvalue weighted by atomic mass is 28.3. The molecule has 2 aromatic heterocycles. The van der Waals surface area contributed by atoms with Crippen molar-refractivity contribution in [2.24, 2.45) is 0 Å². The van der Waals surface area contributed by atoms with E-state index in [-0.39, 0.29) is 16.2 Å². The predicted molar refractivity (Wildman–Crippen MR) is 332 cm³/mol. The SMILES string of the molecule is CC(C)(C)c1cc(N2CN(c3cccc(Oc4ccc5c6cc([Si](c7ccccc7)(c7ccccc7)c7ccccc7)ccc6n(-c6cc(C(C)(C)C)ccn6)c5c4)c3)c3cccc(-c4ccccc4)c32)cc(C(C)(C)C)c1. The third-order valence-corrected chi connectivity index (χ3v) is 20.7. The van der Waals surface area contributed by atoms with Gasteiger partial charge in [-0.3, -0.25) is 4.57 Å². The van der Waals surface area contributed by atoms with Crippen molar-refractivity contribution in [2.45, 2.75) is 78.6 Å². The van der Waals surface area contributed by atoms with Gasteiger partial charge in [-0.05, 0) is 120 Å². The molecule has 0 aliphatic carbocycles. The second-order valence-electron chi connectivity index (χ2n) is 24.2. The van der Waals surface area contributed by atoms with Crippen LogP contribution in [0.25, 0.3) is 38.8 Å². The summed E-state index contributed by atoms with van der Waals surface area (Å²) in [5.41, 5.74) is 12.9. The Kier molecular flexibility index (Phi) is 12.6. The fraction of sp³-hybridized carbons (Fsp3) is 0.181. The molecule has 0 saturated heterocycles. The maximum absolute atomic E-state index is 7.03. The molecule has 9 aromatic carbocycles. The highest BCUT2D eigenvalue weighted by Gasteiger charge is 2.42. The Labute approximate surface area is 462 Å². The lowest BCUT2D eigenvalue weighted by atomic mass is 9.80. The van der Waals surface area contributed by atoms with Crippen LogP contribution in [0.1, 0.15) is 79.0 Å². The summed E-state index contributed by atoms with van der Waals surface area (Å²) in [6, 6.07) is 85.0. The summed E-state index contributed by atoms with van der Waals surface area (Å²) >= 11 is 0. The molecule has 0 atom stereocenters. The minimum absolute atomic E-state index is 0.0310. The Balaban J connectivity index is 0.990. The molecule has 0 saturated carbocycles. The van der Waals surface area contributed by atoms with Gasteiger partial charge < -0.3 is 14.5 Å². The second kappa shape index (κ2) is 19.5. The van der Waals surface area contributed by atoms with Crippen LogP contribution in [0.3, 0.4) is 0 Å². The van der Waals surface area contributed by atoms with Crippen LogP contribution in [-0.2, 0) is 16.2 Å². The zero-order chi connectivity index (χ0) is 54.0. The monoisotopic (exact) mass is 1030 g/mol. The summed E-state index contributed by atoms with van der Waals surface area (Å²) in [6.07, 6.45) is 1.96. The van der Waals surface area contributed by atoms with Crippen LogP contribution < -0.4 is 35.3 Å². The van der Waals surface area contributed by atoms with Gasteiger partial charge in [-0.2, -0.15) is 0 Å². The van der Waals surface area contributed by atoms with Gasteiger partial charge in [0.15, 0.2) is 8.07 Å². The third kappa shape index (κ3) is 9.08. The zero-order valence-electron chi connectivity index (χ0n) is 46.4. The summed E-state index contributed by atoms with van der Waals surface area (Å²) in [5, 5.41) is 7.66. The van der Waals surface area contributed by atoms with Crippen molar-refractivity contribution in [1.29, 1.82) is 0 Å². The van der Waals surface area contributed by atoms with Gasteiger partial charge in [0.2, 0.25) is 0 Å². The van der Waals surface area contributed by atoms with Gasteiger partial charge in [0, 0.05) is 46.0 Å². The number of hydrogen-bond acceptors (Lipinski definition) is 4. The van der Waals surface area contributed by atoms with E-state index in [4.69, 9.17) is 9.72 Å². The molecular weight excluding hydrogens is 965 g/mol. The average molecular weight is 1030 g/mol. The molecule has 3 heterocycles. The van der Waals surface area contributed by atoms with E-state index in [1.54, 1.807) is 0 Å². The summed E-state index contributed by atoms with van der Waals surface area (Å²) in [7, 11) is -2.83. The van der Waals surface area contributed by atoms with Gasteiger partial charge in [-0.25, -0.2) is 4.98 Å². The van der Waals surface area contributed by atoms with Crippen molar-refractivity contribution in [1.82, 2.24) is 9.55 Å². The second-order valence-corrected chi connectivity index (χ2v) is 28.0. The highest BCUT2D eigenvalue weighted by molar-refractivity contribution is 7.20. The molecule has 5 nitrogen and oxygen atoms in total. The Bertz CT molecular complexity index is 3850. The normalized spacial score (nSPS) is 13.1. The number of rotatable bonds is 10. The molecule has 0 amide bonds. The molecule has 0 radical (unpaired) electrons. The highest BCUT2D eigenvalue weighted by Crippen LogP contribution is 2.51. The van der Waals surface area contributed by atoms with Gasteiger partial charge in [0.25, 0.3) is 0 Å². The molecule has 1 aliphatic rings. The molecule has 6 heteroatoms. The predicted octanol–water partition coefficient (Wildman–Crippen LogP) is 16.2. The lowest BCUT2D eigenvalue weighted by molar-refractivity contribution is 0.483. The quantitative estimate of drug-likeness (QED) is 0.101. The van der Waals surface area contributed by atoms with E-state index in [1.807, 2.05) is 6.20 Å². The van der Waals surface area contributed by atoms with Crippen LogP contribution in [0.2, 0.25) is 0 Å². The summed E-state index contributed by atoms with van der Waals surface area (Å²) in [6.45, 7) is 21.3. The van der Waals surface area contributed by atoms with Crippen molar-refractivity contribution in [3.8, 4) is 28.4 Å². The number of pyridine rings is 1. The zero-order valence-corrected chi connectivity index (χ0v) is 47.4. The van der Waals surface area contributed by atoms with E-state index in [2.05, 4.69) is 307 Å². The molecule has 1 aliphatic heterocycles. The molecular formula is C72H68N4OSi. The van der Waals surface area contributed by atoms with E-state index >= 15 is 0 Å². The number of hydrogen-bond donors (Lipinski definition) is 0. The van der Waals surface area contributed by atoms with Crippen molar-refractivity contribution in [2.75, 3.05) is 16.5 Å². The minimum atomic E-state index is -2.83. The van der Waals surface area contributed by atoms with Crippen molar-refractivity contribution >= 4 is 73.4 Å². The standard InChI is InChI=1S/C72H68N4OSi/c1-70(2,3)51-40-41-73-68(45-51)76-65-39-37-61(78(58-28-16-11-17-29-58,59-30-18-12-19-31-59)60-32-20-13-21-33-60)48-64(65)63-38-36-57(47-67(63)76)77-56-27-22-26-54(46-56)74-49-75(55-43-52(71(4,5)6)42-53(44-55)72(7,8)9)69-62(34-23-35-66(69)74)50-24-14-10-15-25-50/h10-48H,49H2,1-9H3. The first kappa shape index (κ1) is 50.4. The van der Waals surface area contributed by atoms with Crippen LogP contribution in [0, 0.1) is 0 Å². The maximum atomic E-state index is 7.03. The molecule has 0 spiro atoms. The molecule has 0 N–H and O–H groups in total. The molecule has 0 bridgehead atoms.